The van der Waals surface area contributed by atoms with Crippen molar-refractivity contribution in [3.05, 3.63) is 18.0 Å². The fourth-order valence-corrected chi connectivity index (χ4v) is 4.55. The van der Waals surface area contributed by atoms with Gasteiger partial charge in [-0.15, -0.1) is 0 Å². The summed E-state index contributed by atoms with van der Waals surface area (Å²) in [4.78, 5) is 0. The lowest BCUT2D eigenvalue weighted by atomic mass is 9.62. The van der Waals surface area contributed by atoms with E-state index in [1.165, 1.54) is 56.9 Å². The molecule has 3 heteroatoms. The van der Waals surface area contributed by atoms with E-state index in [2.05, 4.69) is 18.2 Å². The molecule has 2 atom stereocenters. The van der Waals surface area contributed by atoms with Gasteiger partial charge in [-0.05, 0) is 31.6 Å². The van der Waals surface area contributed by atoms with E-state index in [-0.39, 0.29) is 5.54 Å². The molecule has 0 aromatic carbocycles. The van der Waals surface area contributed by atoms with Crippen molar-refractivity contribution in [2.75, 3.05) is 0 Å². The predicted octanol–water partition coefficient (Wildman–Crippen LogP) is 3.83. The first kappa shape index (κ1) is 14.1. The van der Waals surface area contributed by atoms with Crippen molar-refractivity contribution < 1.29 is 0 Å². The number of aromatic nitrogens is 2. The van der Waals surface area contributed by atoms with E-state index in [1.807, 2.05) is 10.9 Å². The van der Waals surface area contributed by atoms with Crippen LogP contribution in [0.4, 0.5) is 0 Å². The molecule has 0 spiro atoms. The van der Waals surface area contributed by atoms with Crippen LogP contribution in [0.2, 0.25) is 0 Å². The summed E-state index contributed by atoms with van der Waals surface area (Å²) in [5, 5.41) is 4.47. The van der Waals surface area contributed by atoms with E-state index in [0.717, 1.165) is 18.9 Å². The molecule has 2 N–H and O–H groups in total. The van der Waals surface area contributed by atoms with E-state index < -0.39 is 0 Å². The van der Waals surface area contributed by atoms with Crippen LogP contribution in [0.25, 0.3) is 0 Å². The summed E-state index contributed by atoms with van der Waals surface area (Å²) < 4.78 is 2.02. The number of hydrogen-bond donors (Lipinski definition) is 1. The maximum absolute atomic E-state index is 6.97. The Morgan fingerprint density at radius 3 is 2.65 bits per heavy atom. The van der Waals surface area contributed by atoms with Gasteiger partial charge >= 0.3 is 0 Å². The maximum Gasteiger partial charge on any atom is 0.0540 e. The topological polar surface area (TPSA) is 43.8 Å². The molecule has 2 fully saturated rings. The van der Waals surface area contributed by atoms with Gasteiger partial charge in [-0.1, -0.05) is 44.9 Å². The standard InChI is InChI=1S/C17H29N3/c1-2-20-13-15(12-19-20)17(18)11-7-6-10-16(17)14-8-4-3-5-9-14/h12-14,16H,2-11,18H2,1H3. The Labute approximate surface area is 122 Å². The molecule has 0 amide bonds. The van der Waals surface area contributed by atoms with Crippen molar-refractivity contribution in [1.29, 1.82) is 0 Å². The number of nitrogens with zero attached hydrogens (tertiary/aromatic N) is 2. The number of hydrogen-bond acceptors (Lipinski definition) is 2. The van der Waals surface area contributed by atoms with Gasteiger partial charge < -0.3 is 5.73 Å². The van der Waals surface area contributed by atoms with Crippen LogP contribution >= 0.6 is 0 Å². The second-order valence-electron chi connectivity index (χ2n) is 6.88. The van der Waals surface area contributed by atoms with Crippen molar-refractivity contribution in [3.63, 3.8) is 0 Å². The predicted molar refractivity (Wildman–Crippen MR) is 82.3 cm³/mol. The summed E-state index contributed by atoms with van der Waals surface area (Å²) in [6.45, 7) is 3.07. The summed E-state index contributed by atoms with van der Waals surface area (Å²) in [5.41, 5.74) is 8.14. The van der Waals surface area contributed by atoms with Crippen LogP contribution in [0.15, 0.2) is 12.4 Å². The zero-order valence-electron chi connectivity index (χ0n) is 12.9. The van der Waals surface area contributed by atoms with Crippen molar-refractivity contribution >= 4 is 0 Å². The van der Waals surface area contributed by atoms with E-state index in [9.17, 15) is 0 Å². The van der Waals surface area contributed by atoms with Crippen molar-refractivity contribution in [3.8, 4) is 0 Å². The molecule has 112 valence electrons. The first-order chi connectivity index (χ1) is 9.74. The second kappa shape index (κ2) is 5.88. The molecular weight excluding hydrogens is 246 g/mol. The Kier molecular flexibility index (Phi) is 4.16. The highest BCUT2D eigenvalue weighted by atomic mass is 15.3. The molecule has 0 radical (unpaired) electrons. The highest BCUT2D eigenvalue weighted by Crippen LogP contribution is 2.47. The SMILES string of the molecule is CCn1cc(C2(N)CCCCC2C2CCCCC2)cn1. The Morgan fingerprint density at radius 1 is 1.20 bits per heavy atom. The molecule has 0 aliphatic heterocycles. The number of rotatable bonds is 3. The lowest BCUT2D eigenvalue weighted by Crippen LogP contribution is -2.49. The monoisotopic (exact) mass is 275 g/mol. The molecule has 2 saturated carbocycles. The van der Waals surface area contributed by atoms with Gasteiger partial charge in [0.25, 0.3) is 0 Å². The molecule has 1 aromatic heterocycles. The molecule has 0 saturated heterocycles. The lowest BCUT2D eigenvalue weighted by molar-refractivity contribution is 0.0985. The fourth-order valence-electron chi connectivity index (χ4n) is 4.55. The van der Waals surface area contributed by atoms with Gasteiger partial charge in [0.05, 0.1) is 6.20 Å². The van der Waals surface area contributed by atoms with Gasteiger partial charge in [0.1, 0.15) is 0 Å². The quantitative estimate of drug-likeness (QED) is 0.911. The molecule has 1 heterocycles. The molecule has 3 rings (SSSR count). The Morgan fingerprint density at radius 2 is 1.95 bits per heavy atom. The van der Waals surface area contributed by atoms with Gasteiger partial charge in [-0.3, -0.25) is 4.68 Å². The van der Waals surface area contributed by atoms with E-state index in [4.69, 9.17) is 5.73 Å². The average Bonchev–Trinajstić information content (AvgIpc) is 2.98. The van der Waals surface area contributed by atoms with E-state index in [0.29, 0.717) is 5.92 Å². The minimum absolute atomic E-state index is 0.117. The lowest BCUT2D eigenvalue weighted by Gasteiger charge is -2.46. The first-order valence-electron chi connectivity index (χ1n) is 8.56. The smallest absolute Gasteiger partial charge is 0.0540 e. The third-order valence-electron chi connectivity index (χ3n) is 5.73. The van der Waals surface area contributed by atoms with Gasteiger partial charge in [0, 0.05) is 23.8 Å². The molecule has 2 unspecified atom stereocenters. The maximum atomic E-state index is 6.97. The van der Waals surface area contributed by atoms with Crippen LogP contribution in [0.1, 0.15) is 70.3 Å². The average molecular weight is 275 g/mol. The minimum Gasteiger partial charge on any atom is -0.321 e. The summed E-state index contributed by atoms with van der Waals surface area (Å²) >= 11 is 0. The first-order valence-corrected chi connectivity index (χ1v) is 8.56. The van der Waals surface area contributed by atoms with Crippen LogP contribution in [0, 0.1) is 11.8 Å². The Balaban J connectivity index is 1.85. The summed E-state index contributed by atoms with van der Waals surface area (Å²) in [5.74, 6) is 1.52. The van der Waals surface area contributed by atoms with Crippen LogP contribution in [0.5, 0.6) is 0 Å². The number of nitrogens with two attached hydrogens (primary N) is 1. The largest absolute Gasteiger partial charge is 0.321 e. The molecule has 2 aliphatic rings. The van der Waals surface area contributed by atoms with Crippen molar-refractivity contribution in [2.24, 2.45) is 17.6 Å². The molecule has 20 heavy (non-hydrogen) atoms. The fraction of sp³-hybridized carbons (Fsp3) is 0.824. The van der Waals surface area contributed by atoms with Gasteiger partial charge in [0.15, 0.2) is 0 Å². The summed E-state index contributed by atoms with van der Waals surface area (Å²) in [6, 6.07) is 0. The summed E-state index contributed by atoms with van der Waals surface area (Å²) in [6.07, 6.45) is 16.4. The Bertz CT molecular complexity index is 433. The number of aryl methyl sites for hydroxylation is 1. The molecular formula is C17H29N3. The van der Waals surface area contributed by atoms with Crippen LogP contribution in [-0.4, -0.2) is 9.78 Å². The highest BCUT2D eigenvalue weighted by molar-refractivity contribution is 5.21. The van der Waals surface area contributed by atoms with Crippen LogP contribution in [0.3, 0.4) is 0 Å². The molecule has 0 bridgehead atoms. The third kappa shape index (κ3) is 2.52. The highest BCUT2D eigenvalue weighted by Gasteiger charge is 2.43. The molecule has 1 aromatic rings. The zero-order chi connectivity index (χ0) is 14.0. The normalized spacial score (nSPS) is 32.4. The van der Waals surface area contributed by atoms with Crippen LogP contribution in [-0.2, 0) is 12.1 Å². The minimum atomic E-state index is -0.117. The van der Waals surface area contributed by atoms with Gasteiger partial charge in [-0.25, -0.2) is 0 Å². The van der Waals surface area contributed by atoms with E-state index in [1.54, 1.807) is 0 Å². The van der Waals surface area contributed by atoms with Crippen molar-refractivity contribution in [2.45, 2.75) is 76.8 Å². The summed E-state index contributed by atoms with van der Waals surface area (Å²) in [7, 11) is 0. The molecule has 2 aliphatic carbocycles. The van der Waals surface area contributed by atoms with E-state index >= 15 is 0 Å². The second-order valence-corrected chi connectivity index (χ2v) is 6.88. The van der Waals surface area contributed by atoms with Gasteiger partial charge in [0.2, 0.25) is 0 Å². The Hall–Kier alpha value is -0.830. The van der Waals surface area contributed by atoms with Gasteiger partial charge in [-0.2, -0.15) is 5.10 Å². The van der Waals surface area contributed by atoms with Crippen molar-refractivity contribution in [1.82, 2.24) is 9.78 Å². The molecule has 3 nitrogen and oxygen atoms in total. The zero-order valence-corrected chi connectivity index (χ0v) is 12.9. The third-order valence-corrected chi connectivity index (χ3v) is 5.73. The van der Waals surface area contributed by atoms with Crippen LogP contribution < -0.4 is 5.73 Å².